The summed E-state index contributed by atoms with van der Waals surface area (Å²) in [5.41, 5.74) is 1.73. The zero-order valence-corrected chi connectivity index (χ0v) is 24.3. The summed E-state index contributed by atoms with van der Waals surface area (Å²) in [5, 5.41) is 0. The second-order valence-electron chi connectivity index (χ2n) is 12.2. The van der Waals surface area contributed by atoms with Gasteiger partial charge in [-0.15, -0.1) is 0 Å². The van der Waals surface area contributed by atoms with Crippen LogP contribution in [0.25, 0.3) is 0 Å². The van der Waals surface area contributed by atoms with Crippen molar-refractivity contribution in [3.05, 3.63) is 35.4 Å². The van der Waals surface area contributed by atoms with Gasteiger partial charge in [-0.05, 0) is 55.1 Å². The van der Waals surface area contributed by atoms with Gasteiger partial charge in [0.05, 0.1) is 25.2 Å². The number of carbonyl (C=O) groups is 4. The molecule has 0 aromatic heterocycles. The number of hydrogen-bond donors (Lipinski definition) is 0. The van der Waals surface area contributed by atoms with E-state index in [9.17, 15) is 19.2 Å². The summed E-state index contributed by atoms with van der Waals surface area (Å²) in [4.78, 5) is 50.9. The van der Waals surface area contributed by atoms with Crippen molar-refractivity contribution in [2.75, 3.05) is 33.0 Å². The van der Waals surface area contributed by atoms with Crippen LogP contribution in [0.3, 0.4) is 0 Å². The molecule has 0 atom stereocenters. The number of ether oxygens (including phenoxy) is 2. The van der Waals surface area contributed by atoms with E-state index in [1.165, 1.54) is 10.5 Å². The molecule has 3 rings (SSSR count). The maximum Gasteiger partial charge on any atom is 0.235 e. The van der Waals surface area contributed by atoms with Crippen LogP contribution in [0.15, 0.2) is 24.3 Å². The second kappa shape index (κ2) is 14.8. The molecule has 0 spiro atoms. The third-order valence-corrected chi connectivity index (χ3v) is 8.12. The first kappa shape index (κ1) is 31.2. The zero-order valence-electron chi connectivity index (χ0n) is 24.3. The predicted octanol–water partition coefficient (Wildman–Crippen LogP) is 5.29. The SMILES string of the molecule is CC(C)c1ccc(CC(=O)CCOCCOCCCC(=O)C2CCC(CN3C(=O)CC(C)(C)C3=O)CC2)cc1. The van der Waals surface area contributed by atoms with E-state index in [4.69, 9.17) is 9.47 Å². The number of carbonyl (C=O) groups excluding carboxylic acids is 4. The first-order chi connectivity index (χ1) is 18.6. The Balaban J connectivity index is 1.17. The van der Waals surface area contributed by atoms with E-state index in [-0.39, 0.29) is 23.5 Å². The lowest BCUT2D eigenvalue weighted by Gasteiger charge is -2.30. The number of benzene rings is 1. The number of hydrogen-bond acceptors (Lipinski definition) is 6. The van der Waals surface area contributed by atoms with Crippen molar-refractivity contribution >= 4 is 23.4 Å². The standard InChI is InChI=1S/C32H47NO6/c1-23(2)26-11-7-24(8-12-26)20-28(34)15-17-39-19-18-38-16-5-6-29(35)27-13-9-25(10-14-27)22-33-30(36)21-32(3,4)31(33)37/h7-8,11-12,23,25,27H,5-6,9-10,13-22H2,1-4H3. The molecule has 0 unspecified atom stereocenters. The van der Waals surface area contributed by atoms with Crippen molar-refractivity contribution in [1.29, 1.82) is 0 Å². The average molecular weight is 542 g/mol. The Bertz CT molecular complexity index is 975. The monoisotopic (exact) mass is 541 g/mol. The molecule has 7 heteroatoms. The second-order valence-corrected chi connectivity index (χ2v) is 12.2. The average Bonchev–Trinajstić information content (AvgIpc) is 3.09. The Morgan fingerprint density at radius 3 is 2.15 bits per heavy atom. The highest BCUT2D eigenvalue weighted by atomic mass is 16.5. The first-order valence-corrected chi connectivity index (χ1v) is 14.7. The summed E-state index contributed by atoms with van der Waals surface area (Å²) in [6.07, 6.45) is 5.76. The number of likely N-dealkylation sites (tertiary alicyclic amines) is 1. The minimum atomic E-state index is -0.585. The van der Waals surface area contributed by atoms with E-state index in [2.05, 4.69) is 26.0 Å². The smallest absolute Gasteiger partial charge is 0.235 e. The number of amides is 2. The highest BCUT2D eigenvalue weighted by Gasteiger charge is 2.45. The number of rotatable bonds is 16. The lowest BCUT2D eigenvalue weighted by atomic mass is 9.79. The van der Waals surface area contributed by atoms with Crippen molar-refractivity contribution in [3.8, 4) is 0 Å². The number of Topliss-reactive ketones (excluding diaryl/α,β-unsaturated/α-hetero) is 2. The summed E-state index contributed by atoms with van der Waals surface area (Å²) in [7, 11) is 0. The molecule has 1 aromatic rings. The molecule has 2 aliphatic rings. The van der Waals surface area contributed by atoms with Crippen molar-refractivity contribution in [1.82, 2.24) is 4.90 Å². The quantitative estimate of drug-likeness (QED) is 0.209. The lowest BCUT2D eigenvalue weighted by molar-refractivity contribution is -0.142. The summed E-state index contributed by atoms with van der Waals surface area (Å²) < 4.78 is 11.1. The van der Waals surface area contributed by atoms with E-state index >= 15 is 0 Å². The number of ketones is 2. The van der Waals surface area contributed by atoms with Gasteiger partial charge in [-0.1, -0.05) is 52.0 Å². The number of nitrogens with zero attached hydrogens (tertiary/aromatic N) is 1. The van der Waals surface area contributed by atoms with E-state index in [1.54, 1.807) is 0 Å². The molecule has 0 N–H and O–H groups in total. The Morgan fingerprint density at radius 2 is 1.56 bits per heavy atom. The van der Waals surface area contributed by atoms with Crippen LogP contribution in [0.2, 0.25) is 0 Å². The number of imide groups is 1. The van der Waals surface area contributed by atoms with Gasteiger partial charge < -0.3 is 9.47 Å². The van der Waals surface area contributed by atoms with Gasteiger partial charge in [0, 0.05) is 44.8 Å². The van der Waals surface area contributed by atoms with Crippen LogP contribution in [0, 0.1) is 17.3 Å². The van der Waals surface area contributed by atoms with Crippen LogP contribution in [0.5, 0.6) is 0 Å². The van der Waals surface area contributed by atoms with Crippen molar-refractivity contribution in [2.24, 2.45) is 17.3 Å². The maximum absolute atomic E-state index is 12.6. The third kappa shape index (κ3) is 9.64. The Hall–Kier alpha value is -2.38. The molecule has 0 bridgehead atoms. The Kier molecular flexibility index (Phi) is 11.9. The van der Waals surface area contributed by atoms with Crippen LogP contribution < -0.4 is 0 Å². The van der Waals surface area contributed by atoms with Gasteiger partial charge in [-0.25, -0.2) is 0 Å². The van der Waals surface area contributed by atoms with Gasteiger partial charge in [0.15, 0.2) is 0 Å². The van der Waals surface area contributed by atoms with E-state index in [0.29, 0.717) is 82.7 Å². The zero-order chi connectivity index (χ0) is 28.4. The van der Waals surface area contributed by atoms with Crippen molar-refractivity contribution in [2.45, 2.75) is 91.4 Å². The van der Waals surface area contributed by atoms with Gasteiger partial charge in [0.25, 0.3) is 0 Å². The van der Waals surface area contributed by atoms with Gasteiger partial charge in [0.1, 0.15) is 11.6 Å². The van der Waals surface area contributed by atoms with Crippen molar-refractivity contribution in [3.63, 3.8) is 0 Å². The molecule has 39 heavy (non-hydrogen) atoms. The molecule has 1 aliphatic heterocycles. The largest absolute Gasteiger partial charge is 0.379 e. The lowest BCUT2D eigenvalue weighted by Crippen LogP contribution is -2.38. The molecule has 1 saturated carbocycles. The minimum Gasteiger partial charge on any atom is -0.379 e. The summed E-state index contributed by atoms with van der Waals surface area (Å²) in [5.74, 6) is 1.20. The molecule has 1 saturated heterocycles. The van der Waals surface area contributed by atoms with Crippen molar-refractivity contribution < 1.29 is 28.7 Å². The van der Waals surface area contributed by atoms with Crippen LogP contribution >= 0.6 is 0 Å². The summed E-state index contributed by atoms with van der Waals surface area (Å²) >= 11 is 0. The van der Waals surface area contributed by atoms with Crippen LogP contribution in [0.1, 0.15) is 96.1 Å². The molecule has 2 amide bonds. The molecule has 0 radical (unpaired) electrons. The fourth-order valence-electron chi connectivity index (χ4n) is 5.53. The minimum absolute atomic E-state index is 0.0622. The molecular formula is C32H47NO6. The van der Waals surface area contributed by atoms with Gasteiger partial charge in [-0.2, -0.15) is 0 Å². The summed E-state index contributed by atoms with van der Waals surface area (Å²) in [6, 6.07) is 8.23. The normalized spacial score (nSPS) is 21.1. The Morgan fingerprint density at radius 1 is 0.923 bits per heavy atom. The highest BCUT2D eigenvalue weighted by Crippen LogP contribution is 2.35. The Labute approximate surface area is 234 Å². The molecule has 1 aliphatic carbocycles. The van der Waals surface area contributed by atoms with E-state index < -0.39 is 5.41 Å². The molecule has 1 heterocycles. The van der Waals surface area contributed by atoms with Gasteiger partial charge in [0.2, 0.25) is 11.8 Å². The molecule has 1 aromatic carbocycles. The van der Waals surface area contributed by atoms with Crippen LogP contribution in [-0.4, -0.2) is 61.3 Å². The maximum atomic E-state index is 12.6. The van der Waals surface area contributed by atoms with Crippen LogP contribution in [-0.2, 0) is 35.1 Å². The topological polar surface area (TPSA) is 90.0 Å². The molecule has 7 nitrogen and oxygen atoms in total. The third-order valence-electron chi connectivity index (χ3n) is 8.12. The molecule has 216 valence electrons. The van der Waals surface area contributed by atoms with Gasteiger partial charge >= 0.3 is 0 Å². The first-order valence-electron chi connectivity index (χ1n) is 14.7. The van der Waals surface area contributed by atoms with Gasteiger partial charge in [-0.3, -0.25) is 24.1 Å². The van der Waals surface area contributed by atoms with Crippen LogP contribution in [0.4, 0.5) is 0 Å². The van der Waals surface area contributed by atoms with E-state index in [0.717, 1.165) is 31.2 Å². The molecule has 2 fully saturated rings. The fraction of sp³-hybridized carbons (Fsp3) is 0.688. The molecular weight excluding hydrogens is 494 g/mol. The summed E-state index contributed by atoms with van der Waals surface area (Å²) in [6.45, 7) is 10.3. The predicted molar refractivity (Wildman–Crippen MR) is 150 cm³/mol. The highest BCUT2D eigenvalue weighted by molar-refractivity contribution is 6.05. The fourth-order valence-corrected chi connectivity index (χ4v) is 5.53. The van der Waals surface area contributed by atoms with E-state index in [1.807, 2.05) is 26.0 Å².